The van der Waals surface area contributed by atoms with Gasteiger partial charge in [0.1, 0.15) is 0 Å². The van der Waals surface area contributed by atoms with Crippen molar-refractivity contribution in [2.45, 2.75) is 26.0 Å². The average molecular weight is 234 g/mol. The molecule has 0 saturated carbocycles. The monoisotopic (exact) mass is 234 g/mol. The first kappa shape index (κ1) is 11.6. The summed E-state index contributed by atoms with van der Waals surface area (Å²) in [5.74, 6) is 0. The highest BCUT2D eigenvalue weighted by Crippen LogP contribution is 2.22. The van der Waals surface area contributed by atoms with Crippen molar-refractivity contribution >= 4 is 16.6 Å². The van der Waals surface area contributed by atoms with Gasteiger partial charge in [0.25, 0.3) is 5.69 Å². The smallest absolute Gasteiger partial charge is 0.271 e. The highest BCUT2D eigenvalue weighted by molar-refractivity contribution is 5.82. The van der Waals surface area contributed by atoms with Gasteiger partial charge in [-0.1, -0.05) is 0 Å². The Morgan fingerprint density at radius 3 is 2.88 bits per heavy atom. The van der Waals surface area contributed by atoms with Crippen LogP contribution in [0.1, 0.15) is 13.3 Å². The van der Waals surface area contributed by atoms with E-state index in [1.54, 1.807) is 19.1 Å². The van der Waals surface area contributed by atoms with Gasteiger partial charge >= 0.3 is 0 Å². The van der Waals surface area contributed by atoms with Crippen LogP contribution in [0, 0.1) is 10.1 Å². The lowest BCUT2D eigenvalue weighted by Crippen LogP contribution is -2.06. The molecular weight excluding hydrogens is 220 g/mol. The lowest BCUT2D eigenvalue weighted by molar-refractivity contribution is -0.384. The Kier molecular flexibility index (Phi) is 3.10. The summed E-state index contributed by atoms with van der Waals surface area (Å²) in [6.45, 7) is 2.39. The highest BCUT2D eigenvalue weighted by Gasteiger charge is 2.09. The summed E-state index contributed by atoms with van der Waals surface area (Å²) in [5.41, 5.74) is 0.925. The molecule has 1 N–H and O–H groups in total. The fraction of sp³-hybridized carbons (Fsp3) is 0.333. The van der Waals surface area contributed by atoms with E-state index in [4.69, 9.17) is 0 Å². The summed E-state index contributed by atoms with van der Waals surface area (Å²) in [5, 5.41) is 20.9. The van der Waals surface area contributed by atoms with Crippen molar-refractivity contribution in [1.82, 2.24) is 4.57 Å². The molecule has 0 aliphatic heterocycles. The third-order valence-electron chi connectivity index (χ3n) is 2.76. The fourth-order valence-electron chi connectivity index (χ4n) is 1.81. The molecule has 0 aliphatic rings. The average Bonchev–Trinajstić information content (AvgIpc) is 2.68. The van der Waals surface area contributed by atoms with Gasteiger partial charge in [-0.3, -0.25) is 10.1 Å². The van der Waals surface area contributed by atoms with Crippen LogP contribution in [0.15, 0.2) is 30.5 Å². The molecule has 0 fully saturated rings. The molecule has 1 aromatic carbocycles. The Bertz CT molecular complexity index is 546. The number of non-ortho nitro benzene ring substituents is 1. The number of aliphatic hydroxyl groups excluding tert-OH is 1. The zero-order chi connectivity index (χ0) is 12.4. The Morgan fingerprint density at radius 1 is 1.47 bits per heavy atom. The maximum atomic E-state index is 10.7. The lowest BCUT2D eigenvalue weighted by atomic mass is 10.2. The molecule has 1 unspecified atom stereocenters. The summed E-state index contributed by atoms with van der Waals surface area (Å²) in [7, 11) is 0. The minimum absolute atomic E-state index is 0.0921. The van der Waals surface area contributed by atoms with Gasteiger partial charge in [0.05, 0.1) is 16.5 Å². The van der Waals surface area contributed by atoms with Gasteiger partial charge in [-0.25, -0.2) is 0 Å². The topological polar surface area (TPSA) is 68.3 Å². The van der Waals surface area contributed by atoms with Crippen LogP contribution < -0.4 is 0 Å². The molecule has 5 nitrogen and oxygen atoms in total. The van der Waals surface area contributed by atoms with E-state index in [0.717, 1.165) is 10.9 Å². The van der Waals surface area contributed by atoms with E-state index >= 15 is 0 Å². The number of benzene rings is 1. The molecule has 2 rings (SSSR count). The third-order valence-corrected chi connectivity index (χ3v) is 2.76. The molecule has 17 heavy (non-hydrogen) atoms. The SMILES string of the molecule is CC(O)CCn1ccc2ccc([N+](=O)[O-])cc21. The second-order valence-corrected chi connectivity index (χ2v) is 4.15. The summed E-state index contributed by atoms with van der Waals surface area (Å²) >= 11 is 0. The van der Waals surface area contributed by atoms with Gasteiger partial charge in [-0.15, -0.1) is 0 Å². The van der Waals surface area contributed by atoms with E-state index in [9.17, 15) is 15.2 Å². The molecule has 1 heterocycles. The van der Waals surface area contributed by atoms with Gasteiger partial charge in [0, 0.05) is 30.3 Å². The van der Waals surface area contributed by atoms with Gasteiger partial charge in [-0.2, -0.15) is 0 Å². The largest absolute Gasteiger partial charge is 0.393 e. The third kappa shape index (κ3) is 2.45. The molecule has 5 heteroatoms. The predicted molar refractivity (Wildman–Crippen MR) is 64.9 cm³/mol. The fourth-order valence-corrected chi connectivity index (χ4v) is 1.81. The van der Waals surface area contributed by atoms with E-state index < -0.39 is 4.92 Å². The number of hydrogen-bond acceptors (Lipinski definition) is 3. The molecule has 90 valence electrons. The maximum absolute atomic E-state index is 10.7. The Balaban J connectivity index is 2.36. The number of rotatable bonds is 4. The van der Waals surface area contributed by atoms with Crippen molar-refractivity contribution in [2.75, 3.05) is 0 Å². The summed E-state index contributed by atoms with van der Waals surface area (Å²) < 4.78 is 1.93. The lowest BCUT2D eigenvalue weighted by Gasteiger charge is -2.07. The number of aromatic nitrogens is 1. The molecule has 0 spiro atoms. The zero-order valence-corrected chi connectivity index (χ0v) is 9.54. The molecule has 0 amide bonds. The van der Waals surface area contributed by atoms with E-state index in [-0.39, 0.29) is 11.8 Å². The highest BCUT2D eigenvalue weighted by atomic mass is 16.6. The molecule has 0 radical (unpaired) electrons. The van der Waals surface area contributed by atoms with Crippen LogP contribution in [0.5, 0.6) is 0 Å². The van der Waals surface area contributed by atoms with Crippen molar-refractivity contribution in [1.29, 1.82) is 0 Å². The van der Waals surface area contributed by atoms with Gasteiger partial charge in [0.15, 0.2) is 0 Å². The molecule has 1 atom stereocenters. The standard InChI is InChI=1S/C12H14N2O3/c1-9(15)4-6-13-7-5-10-2-3-11(14(16)17)8-12(10)13/h2-3,5,7-9,15H,4,6H2,1H3. The van der Waals surface area contributed by atoms with E-state index in [2.05, 4.69) is 0 Å². The van der Waals surface area contributed by atoms with Crippen molar-refractivity contribution in [3.05, 3.63) is 40.6 Å². The zero-order valence-electron chi connectivity index (χ0n) is 9.54. The van der Waals surface area contributed by atoms with Crippen LogP contribution in [-0.2, 0) is 6.54 Å². The molecule has 0 bridgehead atoms. The minimum atomic E-state index is -0.397. The Hall–Kier alpha value is -1.88. The molecule has 0 aliphatic carbocycles. The first-order valence-electron chi connectivity index (χ1n) is 5.49. The second kappa shape index (κ2) is 4.55. The number of nitro benzene ring substituents is 1. The number of nitro groups is 1. The normalized spacial score (nSPS) is 12.8. The Morgan fingerprint density at radius 2 is 2.24 bits per heavy atom. The molecule has 2 aromatic rings. The van der Waals surface area contributed by atoms with E-state index in [1.165, 1.54) is 6.07 Å². The van der Waals surface area contributed by atoms with Gasteiger partial charge in [0.2, 0.25) is 0 Å². The van der Waals surface area contributed by atoms with E-state index in [1.807, 2.05) is 16.8 Å². The summed E-state index contributed by atoms with van der Waals surface area (Å²) in [6.07, 6.45) is 2.15. The predicted octanol–water partition coefficient (Wildman–Crippen LogP) is 2.32. The quantitative estimate of drug-likeness (QED) is 0.652. The number of aliphatic hydroxyl groups is 1. The molecular formula is C12H14N2O3. The van der Waals surface area contributed by atoms with Crippen LogP contribution in [0.25, 0.3) is 10.9 Å². The minimum Gasteiger partial charge on any atom is -0.393 e. The van der Waals surface area contributed by atoms with Gasteiger partial charge < -0.3 is 9.67 Å². The van der Waals surface area contributed by atoms with Crippen LogP contribution in [0.4, 0.5) is 5.69 Å². The molecule has 1 aromatic heterocycles. The van der Waals surface area contributed by atoms with Crippen LogP contribution in [-0.4, -0.2) is 20.7 Å². The Labute approximate surface area is 98.4 Å². The van der Waals surface area contributed by atoms with Crippen LogP contribution >= 0.6 is 0 Å². The first-order chi connectivity index (χ1) is 8.08. The van der Waals surface area contributed by atoms with Crippen molar-refractivity contribution in [2.24, 2.45) is 0 Å². The maximum Gasteiger partial charge on any atom is 0.271 e. The number of hydrogen-bond donors (Lipinski definition) is 1. The second-order valence-electron chi connectivity index (χ2n) is 4.15. The van der Waals surface area contributed by atoms with Crippen molar-refractivity contribution < 1.29 is 10.0 Å². The van der Waals surface area contributed by atoms with Gasteiger partial charge in [-0.05, 0) is 25.5 Å². The number of fused-ring (bicyclic) bond motifs is 1. The number of aryl methyl sites for hydroxylation is 1. The summed E-state index contributed by atoms with van der Waals surface area (Å²) in [4.78, 5) is 10.3. The number of nitrogens with zero attached hydrogens (tertiary/aromatic N) is 2. The first-order valence-corrected chi connectivity index (χ1v) is 5.49. The van der Waals surface area contributed by atoms with Crippen LogP contribution in [0.2, 0.25) is 0 Å². The van der Waals surface area contributed by atoms with Crippen molar-refractivity contribution in [3.63, 3.8) is 0 Å². The van der Waals surface area contributed by atoms with E-state index in [0.29, 0.717) is 13.0 Å². The van der Waals surface area contributed by atoms with Crippen molar-refractivity contribution in [3.8, 4) is 0 Å². The van der Waals surface area contributed by atoms with Crippen LogP contribution in [0.3, 0.4) is 0 Å². The molecule has 0 saturated heterocycles. The summed E-state index contributed by atoms with van der Waals surface area (Å²) in [6, 6.07) is 6.73.